The largest absolute Gasteiger partial charge is 0.0823 e. The Morgan fingerprint density at radius 3 is 1.37 bits per heavy atom. The van der Waals surface area contributed by atoms with Crippen molar-refractivity contribution in [2.75, 3.05) is 0 Å². The summed E-state index contributed by atoms with van der Waals surface area (Å²) in [7, 11) is 0. The van der Waals surface area contributed by atoms with Crippen LogP contribution in [0.5, 0.6) is 0 Å². The Morgan fingerprint density at radius 2 is 1.05 bits per heavy atom. The van der Waals surface area contributed by atoms with E-state index in [9.17, 15) is 0 Å². The molecule has 0 spiro atoms. The van der Waals surface area contributed by atoms with E-state index in [4.69, 9.17) is 0 Å². The van der Waals surface area contributed by atoms with E-state index in [0.717, 1.165) is 0 Å². The fraction of sp³-hybridized carbons (Fsp3) is 0.895. The van der Waals surface area contributed by atoms with Crippen LogP contribution in [-0.4, -0.2) is 0 Å². The molecule has 0 N–H and O–H groups in total. The van der Waals surface area contributed by atoms with Crippen molar-refractivity contribution in [3.05, 3.63) is 12.2 Å². The molecule has 0 heterocycles. The van der Waals surface area contributed by atoms with Crippen molar-refractivity contribution < 1.29 is 0 Å². The van der Waals surface area contributed by atoms with Gasteiger partial charge in [-0.2, -0.15) is 0 Å². The second kappa shape index (κ2) is 6.02. The van der Waals surface area contributed by atoms with Crippen molar-refractivity contribution >= 4 is 0 Å². The zero-order chi connectivity index (χ0) is 15.5. The van der Waals surface area contributed by atoms with Gasteiger partial charge in [0.25, 0.3) is 0 Å². The van der Waals surface area contributed by atoms with Gasteiger partial charge in [0.05, 0.1) is 0 Å². The van der Waals surface area contributed by atoms with Crippen molar-refractivity contribution in [2.45, 2.75) is 88.5 Å². The van der Waals surface area contributed by atoms with Gasteiger partial charge in [-0.15, -0.1) is 0 Å². The molecular weight excluding hydrogens is 228 g/mol. The summed E-state index contributed by atoms with van der Waals surface area (Å²) in [6.45, 7) is 23.5. The van der Waals surface area contributed by atoms with E-state index in [1.165, 1.54) is 19.3 Å². The molecule has 0 aliphatic heterocycles. The summed E-state index contributed by atoms with van der Waals surface area (Å²) in [5.41, 5.74) is 1.39. The molecule has 0 saturated carbocycles. The lowest BCUT2D eigenvalue weighted by Gasteiger charge is -2.35. The molecule has 114 valence electrons. The number of rotatable bonds is 5. The molecule has 1 atom stereocenters. The van der Waals surface area contributed by atoms with Gasteiger partial charge in [-0.1, -0.05) is 81.4 Å². The van der Waals surface area contributed by atoms with Crippen molar-refractivity contribution in [2.24, 2.45) is 21.7 Å². The van der Waals surface area contributed by atoms with E-state index < -0.39 is 0 Å². The highest BCUT2D eigenvalue weighted by molar-refractivity contribution is 5.04. The summed E-state index contributed by atoms with van der Waals surface area (Å²) >= 11 is 0. The van der Waals surface area contributed by atoms with Crippen LogP contribution in [-0.2, 0) is 0 Å². The molecule has 0 aliphatic carbocycles. The smallest absolute Gasteiger partial charge is 0.0144 e. The molecular formula is C19H38. The standard InChI is InChI=1S/C19H38/c1-11-19(10,15-17(5,6)7)13-12-18(8,9)14-16(2,3)4/h12-13H,11,14-15H2,1-10H3. The van der Waals surface area contributed by atoms with Gasteiger partial charge in [-0.3, -0.25) is 0 Å². The SMILES string of the molecule is CCC(C)(C=CC(C)(C)CC(C)(C)C)CC(C)(C)C. The summed E-state index contributed by atoms with van der Waals surface area (Å²) in [5.74, 6) is 0. The number of hydrogen-bond acceptors (Lipinski definition) is 0. The minimum absolute atomic E-state index is 0.284. The second-order valence-corrected chi connectivity index (χ2v) is 9.80. The molecule has 0 aromatic heterocycles. The third-order valence-electron chi connectivity index (χ3n) is 3.66. The van der Waals surface area contributed by atoms with Crippen LogP contribution in [0.1, 0.15) is 88.5 Å². The summed E-state index contributed by atoms with van der Waals surface area (Å²) in [6, 6.07) is 0. The van der Waals surface area contributed by atoms with Gasteiger partial charge < -0.3 is 0 Å². The van der Waals surface area contributed by atoms with E-state index in [-0.39, 0.29) is 5.41 Å². The van der Waals surface area contributed by atoms with Gasteiger partial charge in [0.15, 0.2) is 0 Å². The number of hydrogen-bond donors (Lipinski definition) is 0. The Kier molecular flexibility index (Phi) is 5.94. The lowest BCUT2D eigenvalue weighted by molar-refractivity contribution is 0.228. The van der Waals surface area contributed by atoms with Gasteiger partial charge in [0.1, 0.15) is 0 Å². The lowest BCUT2D eigenvalue weighted by Crippen LogP contribution is -2.23. The summed E-state index contributed by atoms with van der Waals surface area (Å²) in [5, 5.41) is 0. The van der Waals surface area contributed by atoms with E-state index in [1.807, 2.05) is 0 Å². The average Bonchev–Trinajstić information content (AvgIpc) is 2.09. The molecule has 1 unspecified atom stereocenters. The van der Waals surface area contributed by atoms with Gasteiger partial charge in [-0.05, 0) is 40.9 Å². The molecule has 0 aromatic rings. The first-order valence-corrected chi connectivity index (χ1v) is 7.89. The normalized spacial score (nSPS) is 17.8. The highest BCUT2D eigenvalue weighted by Gasteiger charge is 2.28. The zero-order valence-electron chi connectivity index (χ0n) is 15.3. The maximum Gasteiger partial charge on any atom is -0.0144 e. The lowest BCUT2D eigenvalue weighted by atomic mass is 9.70. The molecule has 0 amide bonds. The van der Waals surface area contributed by atoms with Crippen LogP contribution in [0, 0.1) is 21.7 Å². The fourth-order valence-electron chi connectivity index (χ4n) is 3.37. The predicted octanol–water partition coefficient (Wildman–Crippen LogP) is 6.86. The van der Waals surface area contributed by atoms with E-state index in [1.54, 1.807) is 0 Å². The third-order valence-corrected chi connectivity index (χ3v) is 3.66. The molecule has 0 bridgehead atoms. The van der Waals surface area contributed by atoms with Crippen LogP contribution in [0.15, 0.2) is 12.2 Å². The Labute approximate surface area is 123 Å². The molecule has 0 aromatic carbocycles. The molecule has 0 nitrogen and oxygen atoms in total. The summed E-state index contributed by atoms with van der Waals surface area (Å²) in [4.78, 5) is 0. The van der Waals surface area contributed by atoms with Gasteiger partial charge in [0.2, 0.25) is 0 Å². The van der Waals surface area contributed by atoms with Gasteiger partial charge in [0, 0.05) is 0 Å². The molecule has 0 saturated heterocycles. The van der Waals surface area contributed by atoms with E-state index in [2.05, 4.69) is 81.4 Å². The topological polar surface area (TPSA) is 0 Å². The summed E-state index contributed by atoms with van der Waals surface area (Å²) < 4.78 is 0. The Bertz CT molecular complexity index is 293. The average molecular weight is 267 g/mol. The van der Waals surface area contributed by atoms with Crippen LogP contribution in [0.25, 0.3) is 0 Å². The van der Waals surface area contributed by atoms with Gasteiger partial charge >= 0.3 is 0 Å². The Balaban J connectivity index is 4.91. The van der Waals surface area contributed by atoms with Crippen LogP contribution >= 0.6 is 0 Å². The molecule has 0 rings (SSSR count). The van der Waals surface area contributed by atoms with Crippen LogP contribution in [0.2, 0.25) is 0 Å². The van der Waals surface area contributed by atoms with Crippen LogP contribution in [0.3, 0.4) is 0 Å². The second-order valence-electron chi connectivity index (χ2n) is 9.80. The molecule has 0 fully saturated rings. The Morgan fingerprint density at radius 1 is 0.632 bits per heavy atom. The van der Waals surface area contributed by atoms with Gasteiger partial charge in [-0.25, -0.2) is 0 Å². The third kappa shape index (κ3) is 9.30. The van der Waals surface area contributed by atoms with Crippen LogP contribution in [0.4, 0.5) is 0 Å². The quantitative estimate of drug-likeness (QED) is 0.477. The maximum atomic E-state index is 2.49. The highest BCUT2D eigenvalue weighted by atomic mass is 14.3. The maximum absolute atomic E-state index is 2.49. The monoisotopic (exact) mass is 266 g/mol. The van der Waals surface area contributed by atoms with Crippen molar-refractivity contribution in [1.82, 2.24) is 0 Å². The fourth-order valence-corrected chi connectivity index (χ4v) is 3.37. The minimum Gasteiger partial charge on any atom is -0.0823 e. The molecule has 19 heavy (non-hydrogen) atoms. The summed E-state index contributed by atoms with van der Waals surface area (Å²) in [6.07, 6.45) is 8.65. The van der Waals surface area contributed by atoms with Crippen molar-refractivity contribution in [3.63, 3.8) is 0 Å². The number of allylic oxidation sites excluding steroid dienone is 2. The van der Waals surface area contributed by atoms with E-state index >= 15 is 0 Å². The Hall–Kier alpha value is -0.260. The molecule has 0 radical (unpaired) electrons. The first kappa shape index (κ1) is 18.7. The minimum atomic E-state index is 0.284. The van der Waals surface area contributed by atoms with Crippen LogP contribution < -0.4 is 0 Å². The highest BCUT2D eigenvalue weighted by Crippen LogP contribution is 2.40. The zero-order valence-corrected chi connectivity index (χ0v) is 15.3. The first-order valence-electron chi connectivity index (χ1n) is 7.89. The predicted molar refractivity (Wildman–Crippen MR) is 89.5 cm³/mol. The molecule has 0 aliphatic rings. The van der Waals surface area contributed by atoms with E-state index in [0.29, 0.717) is 16.2 Å². The van der Waals surface area contributed by atoms with Crippen molar-refractivity contribution in [1.29, 1.82) is 0 Å². The molecule has 0 heteroatoms. The first-order chi connectivity index (χ1) is 8.18. The van der Waals surface area contributed by atoms with Crippen molar-refractivity contribution in [3.8, 4) is 0 Å².